The number of rotatable bonds is 1. The third-order valence-corrected chi connectivity index (χ3v) is 8.28. The van der Waals surface area contributed by atoms with Gasteiger partial charge in [-0.1, -0.05) is 19.9 Å². The van der Waals surface area contributed by atoms with E-state index in [-0.39, 0.29) is 22.8 Å². The number of nitrogens with zero attached hydrogens (tertiary/aromatic N) is 1. The van der Waals surface area contributed by atoms with Crippen LogP contribution in [0.1, 0.15) is 52.4 Å². The Morgan fingerprint density at radius 1 is 1.20 bits per heavy atom. The zero-order chi connectivity index (χ0) is 18.0. The van der Waals surface area contributed by atoms with E-state index in [1.54, 1.807) is 6.08 Å². The van der Waals surface area contributed by atoms with Crippen LogP contribution in [0.5, 0.6) is 0 Å². The molecule has 0 saturated heterocycles. The molecule has 0 radical (unpaired) electrons. The third kappa shape index (κ3) is 2.27. The van der Waals surface area contributed by atoms with E-state index in [1.807, 2.05) is 11.9 Å². The van der Waals surface area contributed by atoms with Gasteiger partial charge in [0.05, 0.1) is 0 Å². The molecule has 4 aliphatic rings. The molecular formula is C20H29NO4. The van der Waals surface area contributed by atoms with Gasteiger partial charge < -0.3 is 14.7 Å². The average molecular weight is 347 g/mol. The van der Waals surface area contributed by atoms with Crippen LogP contribution in [-0.4, -0.2) is 41.3 Å². The quantitative estimate of drug-likeness (QED) is 0.735. The van der Waals surface area contributed by atoms with Crippen LogP contribution in [0.4, 0.5) is 4.79 Å². The molecule has 1 heterocycles. The predicted octanol–water partition coefficient (Wildman–Crippen LogP) is 3.69. The highest BCUT2D eigenvalue weighted by molar-refractivity contribution is 5.89. The summed E-state index contributed by atoms with van der Waals surface area (Å²) < 4.78 is 5.28. The molecule has 1 amide bonds. The summed E-state index contributed by atoms with van der Waals surface area (Å²) in [6, 6.07) is 0.295. The molecule has 0 aromatic heterocycles. The summed E-state index contributed by atoms with van der Waals surface area (Å²) in [5, 5.41) is 9.09. The van der Waals surface area contributed by atoms with Crippen LogP contribution in [0.25, 0.3) is 0 Å². The second kappa shape index (κ2) is 5.49. The maximum atomic E-state index is 12.1. The highest BCUT2D eigenvalue weighted by Gasteiger charge is 2.61. The van der Waals surface area contributed by atoms with Crippen molar-refractivity contribution in [3.63, 3.8) is 0 Å². The van der Waals surface area contributed by atoms with Gasteiger partial charge in [0.25, 0.3) is 0 Å². The molecule has 0 spiro atoms. The fourth-order valence-corrected chi connectivity index (χ4v) is 7.01. The van der Waals surface area contributed by atoms with Crippen molar-refractivity contribution in [2.45, 2.75) is 64.5 Å². The van der Waals surface area contributed by atoms with Crippen molar-refractivity contribution in [1.29, 1.82) is 0 Å². The van der Waals surface area contributed by atoms with Crippen molar-refractivity contribution in [3.05, 3.63) is 12.2 Å². The molecule has 0 bridgehead atoms. The van der Waals surface area contributed by atoms with Crippen molar-refractivity contribution < 1.29 is 19.4 Å². The van der Waals surface area contributed by atoms with Gasteiger partial charge in [-0.25, -0.2) is 4.79 Å². The number of amides is 1. The van der Waals surface area contributed by atoms with Gasteiger partial charge in [-0.05, 0) is 62.4 Å². The van der Waals surface area contributed by atoms with Gasteiger partial charge in [-0.3, -0.25) is 4.79 Å². The van der Waals surface area contributed by atoms with Gasteiger partial charge in [0.1, 0.15) is 6.10 Å². The fourth-order valence-electron chi connectivity index (χ4n) is 7.01. The van der Waals surface area contributed by atoms with Gasteiger partial charge in [0, 0.05) is 23.9 Å². The van der Waals surface area contributed by atoms with Crippen molar-refractivity contribution in [1.82, 2.24) is 4.90 Å². The Morgan fingerprint density at radius 3 is 2.68 bits per heavy atom. The second-order valence-electron chi connectivity index (χ2n) is 9.11. The highest BCUT2D eigenvalue weighted by Crippen LogP contribution is 2.64. The number of carbonyl (C=O) groups is 2. The molecule has 0 unspecified atom stereocenters. The fraction of sp³-hybridized carbons (Fsp3) is 0.800. The average Bonchev–Trinajstić information content (AvgIpc) is 2.88. The van der Waals surface area contributed by atoms with E-state index in [0.29, 0.717) is 23.8 Å². The number of hydrogen-bond donors (Lipinski definition) is 1. The first kappa shape index (κ1) is 16.9. The number of ether oxygens (including phenoxy) is 1. The maximum Gasteiger partial charge on any atom is 0.506 e. The molecule has 4 rings (SSSR count). The molecule has 7 atom stereocenters. The Bertz CT molecular complexity index is 631. The van der Waals surface area contributed by atoms with E-state index >= 15 is 0 Å². The van der Waals surface area contributed by atoms with Gasteiger partial charge in [0.15, 0.2) is 0 Å². The first-order chi connectivity index (χ1) is 11.8. The van der Waals surface area contributed by atoms with Crippen LogP contribution >= 0.6 is 0 Å². The van der Waals surface area contributed by atoms with E-state index in [1.165, 1.54) is 0 Å². The van der Waals surface area contributed by atoms with Crippen molar-refractivity contribution in [2.24, 2.45) is 28.6 Å². The minimum absolute atomic E-state index is 0.0249. The molecule has 25 heavy (non-hydrogen) atoms. The molecule has 3 fully saturated rings. The Hall–Kier alpha value is -1.52. The first-order valence-electron chi connectivity index (χ1n) is 9.63. The topological polar surface area (TPSA) is 66.8 Å². The summed E-state index contributed by atoms with van der Waals surface area (Å²) in [6.45, 7) is 4.58. The largest absolute Gasteiger partial charge is 0.506 e. The summed E-state index contributed by atoms with van der Waals surface area (Å²) in [7, 11) is 1.94. The lowest BCUT2D eigenvalue weighted by atomic mass is 9.48. The van der Waals surface area contributed by atoms with Crippen molar-refractivity contribution in [2.75, 3.05) is 7.05 Å². The number of fused-ring (bicyclic) bond motifs is 5. The highest BCUT2D eigenvalue weighted by atomic mass is 16.7. The molecule has 1 aliphatic heterocycles. The maximum absolute atomic E-state index is 12.1. The first-order valence-corrected chi connectivity index (χ1v) is 9.63. The van der Waals surface area contributed by atoms with Crippen LogP contribution in [0.2, 0.25) is 0 Å². The summed E-state index contributed by atoms with van der Waals surface area (Å²) in [6.07, 6.45) is 8.85. The lowest BCUT2D eigenvalue weighted by Gasteiger charge is -2.60. The van der Waals surface area contributed by atoms with Crippen LogP contribution < -0.4 is 0 Å². The van der Waals surface area contributed by atoms with Crippen LogP contribution in [0, 0.1) is 28.6 Å². The van der Waals surface area contributed by atoms with E-state index in [4.69, 9.17) is 9.84 Å². The van der Waals surface area contributed by atoms with Gasteiger partial charge in [-0.2, -0.15) is 0 Å². The normalized spacial score (nSPS) is 48.5. The monoisotopic (exact) mass is 347 g/mol. The van der Waals surface area contributed by atoms with Crippen LogP contribution in [0.3, 0.4) is 0 Å². The molecule has 0 aromatic carbocycles. The van der Waals surface area contributed by atoms with Crippen LogP contribution in [-0.2, 0) is 9.53 Å². The Kier molecular flexibility index (Phi) is 3.71. The van der Waals surface area contributed by atoms with Crippen molar-refractivity contribution in [3.8, 4) is 0 Å². The molecule has 3 saturated carbocycles. The molecule has 3 aliphatic carbocycles. The zero-order valence-electron chi connectivity index (χ0n) is 15.4. The molecule has 1 N–H and O–H groups in total. The molecule has 0 aromatic rings. The van der Waals surface area contributed by atoms with E-state index in [9.17, 15) is 9.59 Å². The lowest BCUT2D eigenvalue weighted by molar-refractivity contribution is -0.140. The van der Waals surface area contributed by atoms with Gasteiger partial charge >= 0.3 is 6.16 Å². The zero-order valence-corrected chi connectivity index (χ0v) is 15.4. The van der Waals surface area contributed by atoms with E-state index in [2.05, 4.69) is 19.9 Å². The van der Waals surface area contributed by atoms with Crippen molar-refractivity contribution >= 4 is 12.1 Å². The molecule has 5 heteroatoms. The van der Waals surface area contributed by atoms with Gasteiger partial charge in [-0.15, -0.1) is 0 Å². The molecule has 5 nitrogen and oxygen atoms in total. The Balaban J connectivity index is 1.63. The minimum atomic E-state index is -1.14. The summed E-state index contributed by atoms with van der Waals surface area (Å²) in [4.78, 5) is 25.1. The molecule has 138 valence electrons. The number of hydrogen-bond acceptors (Lipinski definition) is 3. The summed E-state index contributed by atoms with van der Waals surface area (Å²) in [5.74, 6) is 1.83. The van der Waals surface area contributed by atoms with Crippen LogP contribution in [0.15, 0.2) is 12.2 Å². The molecular weight excluding hydrogens is 318 g/mol. The Morgan fingerprint density at radius 2 is 1.96 bits per heavy atom. The lowest BCUT2D eigenvalue weighted by Crippen LogP contribution is -2.59. The van der Waals surface area contributed by atoms with E-state index < -0.39 is 6.16 Å². The van der Waals surface area contributed by atoms with E-state index in [0.717, 1.165) is 38.5 Å². The minimum Gasteiger partial charge on any atom is -0.450 e. The number of carboxylic acid groups (broad SMARTS) is 1. The summed E-state index contributed by atoms with van der Waals surface area (Å²) in [5.41, 5.74) is 0.0154. The smallest absolute Gasteiger partial charge is 0.450 e. The second-order valence-corrected chi connectivity index (χ2v) is 9.11. The van der Waals surface area contributed by atoms with Gasteiger partial charge in [0.2, 0.25) is 5.91 Å². The SMILES string of the molecule is CN1C(=O)C=C[C@]2(C)[C@H]3CC[C@]4(C)[C@@H](OC(=O)O)CC[C@H]4[C@@H]3CC[C@@H]12. The third-order valence-electron chi connectivity index (χ3n) is 8.28. The summed E-state index contributed by atoms with van der Waals surface area (Å²) >= 11 is 0. The Labute approximate surface area is 149 Å². The number of likely N-dealkylation sites (N-methyl/N-ethyl adjacent to an activating group) is 1. The number of carbonyl (C=O) groups excluding carboxylic acids is 1. The predicted molar refractivity (Wildman–Crippen MR) is 93.0 cm³/mol. The standard InChI is InChI=1S/C20H29NO4/c1-19-11-9-17(22)21(3)15(19)6-4-12-13-5-7-16(25-18(23)24)20(13,2)10-8-14(12)19/h9,11-16H,4-8,10H2,1-3H3,(H,23,24)/t12-,13-,14-,15+,16-,19+,20-/m0/s1.